The predicted octanol–water partition coefficient (Wildman–Crippen LogP) is -1.06. The smallest absolute Gasteiger partial charge is 0.242 e. The van der Waals surface area contributed by atoms with Crippen LogP contribution in [0.25, 0.3) is 0 Å². The van der Waals surface area contributed by atoms with E-state index in [4.69, 9.17) is 5.14 Å². The molecule has 37 heavy (non-hydrogen) atoms. The fraction of sp³-hybridized carbons (Fsp3) is 0.500. The van der Waals surface area contributed by atoms with E-state index < -0.39 is 31.1 Å². The van der Waals surface area contributed by atoms with Gasteiger partial charge in [-0.15, -0.1) is 0 Å². The molecule has 8 N–H and O–H groups in total. The number of hydrogen-bond acceptors (Lipinski definition) is 11. The van der Waals surface area contributed by atoms with Crippen molar-refractivity contribution in [2.45, 2.75) is 47.7 Å². The number of aromatic nitrogens is 1. The van der Waals surface area contributed by atoms with Crippen LogP contribution in [0.2, 0.25) is 0 Å². The van der Waals surface area contributed by atoms with Crippen molar-refractivity contribution in [3.63, 3.8) is 0 Å². The molecule has 0 unspecified atom stereocenters. The lowest BCUT2D eigenvalue weighted by molar-refractivity contribution is 0.398. The van der Waals surface area contributed by atoms with Gasteiger partial charge in [0.15, 0.2) is 0 Å². The van der Waals surface area contributed by atoms with Crippen LogP contribution < -0.4 is 42.0 Å². The molecule has 3 saturated heterocycles. The minimum atomic E-state index is -4.44. The molecule has 3 aliphatic rings. The number of primary sulfonamides is 1. The fourth-order valence-corrected chi connectivity index (χ4v) is 8.18. The van der Waals surface area contributed by atoms with Gasteiger partial charge in [0.25, 0.3) is 0 Å². The van der Waals surface area contributed by atoms with Crippen molar-refractivity contribution in [3.05, 3.63) is 47.8 Å². The molecule has 15 heteroatoms. The molecule has 0 amide bonds. The Morgan fingerprint density at radius 2 is 1.78 bits per heavy atom. The number of hydrogen-bond donors (Lipinski definition) is 7. The van der Waals surface area contributed by atoms with Crippen molar-refractivity contribution in [1.82, 2.24) is 36.9 Å². The number of piperidine rings is 1. The summed E-state index contributed by atoms with van der Waals surface area (Å²) < 4.78 is 55.3. The Labute approximate surface area is 217 Å². The topological polar surface area (TPSA) is 183 Å². The van der Waals surface area contributed by atoms with Crippen molar-refractivity contribution in [3.8, 4) is 0 Å². The van der Waals surface area contributed by atoms with Crippen LogP contribution in [-0.2, 0) is 26.5 Å². The Morgan fingerprint density at radius 3 is 2.41 bits per heavy atom. The van der Waals surface area contributed by atoms with Crippen molar-refractivity contribution < 1.29 is 16.8 Å². The molecular formula is C22H33N9O4S2. The third-order valence-electron chi connectivity index (χ3n) is 7.06. The van der Waals surface area contributed by atoms with Gasteiger partial charge in [-0.05, 0) is 62.4 Å². The molecule has 3 fully saturated rings. The van der Waals surface area contributed by atoms with E-state index in [2.05, 4.69) is 41.8 Å². The first-order valence-electron chi connectivity index (χ1n) is 12.3. The highest BCUT2D eigenvalue weighted by Crippen LogP contribution is 2.38. The van der Waals surface area contributed by atoms with Crippen LogP contribution in [0.5, 0.6) is 0 Å². The van der Waals surface area contributed by atoms with Crippen LogP contribution in [-0.4, -0.2) is 54.0 Å². The normalized spacial score (nSPS) is 22.1. The van der Waals surface area contributed by atoms with Crippen LogP contribution in [0.1, 0.15) is 36.7 Å². The third kappa shape index (κ3) is 5.94. The average Bonchev–Trinajstić information content (AvgIpc) is 3.58. The number of nitrogens with one attached hydrogen (secondary N) is 6. The summed E-state index contributed by atoms with van der Waals surface area (Å²) >= 11 is 0. The van der Waals surface area contributed by atoms with Gasteiger partial charge in [-0.3, -0.25) is 4.98 Å². The summed E-state index contributed by atoms with van der Waals surface area (Å²) in [6.45, 7) is 2.52. The number of pyridine rings is 1. The minimum Gasteiger partial charge on any atom is -0.371 e. The Kier molecular flexibility index (Phi) is 7.76. The lowest BCUT2D eigenvalue weighted by Gasteiger charge is -2.36. The van der Waals surface area contributed by atoms with Gasteiger partial charge in [0.1, 0.15) is 16.0 Å². The number of nitrogens with two attached hydrogens (primary N) is 1. The molecule has 202 valence electrons. The molecule has 1 aromatic heterocycles. The molecule has 0 saturated carbocycles. The standard InChI is InChI=1S/C22H33N9O4S2/c23-36(32,33)21-19(37(34,35)28-17-6-10-24-14-17)5-4-18(20(21)22-26-29-30-27-22)31-11-7-15(8-12-31)13-16-3-1-2-9-25-16/h1-5,9,15,17,22,24,26-30H,6-8,10-14H2,(H2,23,32,33)/t17-/m1/s1. The first kappa shape index (κ1) is 26.4. The number of rotatable bonds is 8. The second-order valence-electron chi connectivity index (χ2n) is 9.61. The third-order valence-corrected chi connectivity index (χ3v) is 9.76. The Bertz CT molecular complexity index is 1310. The molecule has 0 radical (unpaired) electrons. The van der Waals surface area contributed by atoms with E-state index in [1.54, 1.807) is 12.3 Å². The Morgan fingerprint density at radius 1 is 1.03 bits per heavy atom. The zero-order valence-corrected chi connectivity index (χ0v) is 21.9. The summed E-state index contributed by atoms with van der Waals surface area (Å²) in [6, 6.07) is 8.59. The second-order valence-corrected chi connectivity index (χ2v) is 12.8. The highest BCUT2D eigenvalue weighted by Gasteiger charge is 2.36. The first-order valence-corrected chi connectivity index (χ1v) is 15.3. The molecule has 3 aliphatic heterocycles. The SMILES string of the molecule is NS(=O)(=O)c1c(S(=O)(=O)N[C@@H]2CCNC2)ccc(N2CCC(Cc3ccccn3)CC2)c1C1NNNN1. The Hall–Kier alpha value is -2.21. The molecular weight excluding hydrogens is 518 g/mol. The van der Waals surface area contributed by atoms with Gasteiger partial charge in [0.2, 0.25) is 20.0 Å². The van der Waals surface area contributed by atoms with E-state index in [0.717, 1.165) is 25.0 Å². The molecule has 1 aromatic carbocycles. The van der Waals surface area contributed by atoms with Crippen LogP contribution >= 0.6 is 0 Å². The molecule has 0 spiro atoms. The van der Waals surface area contributed by atoms with E-state index in [9.17, 15) is 16.8 Å². The number of benzene rings is 1. The quantitative estimate of drug-likeness (QED) is 0.212. The lowest BCUT2D eigenvalue weighted by atomic mass is 9.91. The minimum absolute atomic E-state index is 0.246. The van der Waals surface area contributed by atoms with Gasteiger partial charge in [0.05, 0.1) is 0 Å². The summed E-state index contributed by atoms with van der Waals surface area (Å²) in [7, 11) is -8.61. The van der Waals surface area contributed by atoms with Crippen molar-refractivity contribution >= 4 is 25.7 Å². The van der Waals surface area contributed by atoms with Gasteiger partial charge in [-0.25, -0.2) is 37.5 Å². The number of hydrazine groups is 3. The van der Waals surface area contributed by atoms with E-state index in [-0.39, 0.29) is 16.5 Å². The number of sulfonamides is 2. The van der Waals surface area contributed by atoms with Gasteiger partial charge in [-0.1, -0.05) is 6.07 Å². The Balaban J connectivity index is 1.48. The van der Waals surface area contributed by atoms with Crippen LogP contribution in [0.4, 0.5) is 5.69 Å². The maximum atomic E-state index is 13.4. The largest absolute Gasteiger partial charge is 0.371 e. The summed E-state index contributed by atoms with van der Waals surface area (Å²) in [5, 5.41) is 8.78. The first-order chi connectivity index (χ1) is 17.7. The number of nitrogens with zero attached hydrogens (tertiary/aromatic N) is 2. The maximum absolute atomic E-state index is 13.4. The van der Waals surface area contributed by atoms with Crippen LogP contribution in [0, 0.1) is 5.92 Å². The molecule has 0 aliphatic carbocycles. The van der Waals surface area contributed by atoms with E-state index in [1.165, 1.54) is 6.07 Å². The van der Waals surface area contributed by atoms with Gasteiger partial charge >= 0.3 is 0 Å². The molecule has 2 aromatic rings. The van der Waals surface area contributed by atoms with Crippen LogP contribution in [0.15, 0.2) is 46.3 Å². The van der Waals surface area contributed by atoms with E-state index in [0.29, 0.717) is 44.2 Å². The molecule has 1 atom stereocenters. The zero-order valence-electron chi connectivity index (χ0n) is 20.3. The van der Waals surface area contributed by atoms with Gasteiger partial charge in [0, 0.05) is 48.8 Å². The monoisotopic (exact) mass is 551 g/mol. The van der Waals surface area contributed by atoms with E-state index in [1.807, 2.05) is 18.2 Å². The van der Waals surface area contributed by atoms with Gasteiger partial charge < -0.3 is 10.2 Å². The molecule has 0 bridgehead atoms. The number of anilines is 1. The molecule has 4 heterocycles. The summed E-state index contributed by atoms with van der Waals surface area (Å²) in [5.74, 6) is 0.447. The predicted molar refractivity (Wildman–Crippen MR) is 138 cm³/mol. The van der Waals surface area contributed by atoms with Crippen molar-refractivity contribution in [2.24, 2.45) is 11.1 Å². The summed E-state index contributed by atoms with van der Waals surface area (Å²) in [6.07, 6.45) is 4.31. The maximum Gasteiger partial charge on any atom is 0.242 e. The zero-order chi connectivity index (χ0) is 26.0. The highest BCUT2D eigenvalue weighted by molar-refractivity contribution is 7.92. The van der Waals surface area contributed by atoms with Crippen molar-refractivity contribution in [2.75, 3.05) is 31.1 Å². The molecule has 13 nitrogen and oxygen atoms in total. The van der Waals surface area contributed by atoms with Crippen molar-refractivity contribution in [1.29, 1.82) is 0 Å². The van der Waals surface area contributed by atoms with Gasteiger partial charge in [-0.2, -0.15) is 11.1 Å². The highest BCUT2D eigenvalue weighted by atomic mass is 32.2. The fourth-order valence-electron chi connectivity index (χ4n) is 5.26. The summed E-state index contributed by atoms with van der Waals surface area (Å²) in [4.78, 5) is 5.74. The lowest BCUT2D eigenvalue weighted by Crippen LogP contribution is -2.39. The van der Waals surface area contributed by atoms with Crippen LogP contribution in [0.3, 0.4) is 0 Å². The van der Waals surface area contributed by atoms with E-state index >= 15 is 0 Å². The average molecular weight is 552 g/mol. The second kappa shape index (κ2) is 10.9. The molecule has 5 rings (SSSR count). The summed E-state index contributed by atoms with van der Waals surface area (Å²) in [5.41, 5.74) is 13.1.